The predicted molar refractivity (Wildman–Crippen MR) is 69.8 cm³/mol. The summed E-state index contributed by atoms with van der Waals surface area (Å²) in [5, 5.41) is 13.7. The van der Waals surface area contributed by atoms with E-state index in [9.17, 15) is 10.1 Å². The van der Waals surface area contributed by atoms with Crippen molar-refractivity contribution in [1.29, 1.82) is 0 Å². The normalized spacial score (nSPS) is 10.1. The molecule has 98 valence electrons. The number of anilines is 1. The molecular formula is C12H17N3O3. The first-order valence-electron chi connectivity index (χ1n) is 5.57. The van der Waals surface area contributed by atoms with Gasteiger partial charge in [-0.05, 0) is 19.4 Å². The van der Waals surface area contributed by atoms with Crippen LogP contribution in [0.1, 0.15) is 12.5 Å². The second kappa shape index (κ2) is 6.70. The third-order valence-corrected chi connectivity index (χ3v) is 2.09. The summed E-state index contributed by atoms with van der Waals surface area (Å²) < 4.78 is 5.28. The molecule has 0 fully saturated rings. The number of nitrogens with one attached hydrogen (secondary N) is 1. The van der Waals surface area contributed by atoms with E-state index >= 15 is 0 Å². The monoisotopic (exact) mass is 251 g/mol. The van der Waals surface area contributed by atoms with E-state index in [0.717, 1.165) is 11.1 Å². The zero-order valence-electron chi connectivity index (χ0n) is 10.6. The third kappa shape index (κ3) is 4.50. The number of aromatic nitrogens is 1. The topological polar surface area (TPSA) is 77.3 Å². The van der Waals surface area contributed by atoms with Crippen LogP contribution >= 0.6 is 0 Å². The lowest BCUT2D eigenvalue weighted by atomic mass is 10.3. The quantitative estimate of drug-likeness (QED) is 0.348. The van der Waals surface area contributed by atoms with Gasteiger partial charge in [0.15, 0.2) is 0 Å². The Morgan fingerprint density at radius 1 is 1.67 bits per heavy atom. The molecule has 18 heavy (non-hydrogen) atoms. The van der Waals surface area contributed by atoms with Gasteiger partial charge in [-0.2, -0.15) is 0 Å². The first kappa shape index (κ1) is 14.1. The number of aryl methyl sites for hydroxylation is 1. The van der Waals surface area contributed by atoms with Crippen molar-refractivity contribution in [3.63, 3.8) is 0 Å². The van der Waals surface area contributed by atoms with Crippen molar-refractivity contribution in [2.24, 2.45) is 0 Å². The number of pyridine rings is 1. The number of ether oxygens (including phenoxy) is 1. The standard InChI is InChI=1S/C12H17N3O3/c1-9(2)8-18-5-4-13-12-11(15(16)17)6-10(3)7-14-12/h6-7H,1,4-5,8H2,2-3H3,(H,13,14). The maximum atomic E-state index is 10.8. The van der Waals surface area contributed by atoms with Crippen LogP contribution in [0, 0.1) is 17.0 Å². The zero-order chi connectivity index (χ0) is 13.5. The van der Waals surface area contributed by atoms with Crippen LogP contribution in [0.3, 0.4) is 0 Å². The van der Waals surface area contributed by atoms with Gasteiger partial charge in [0, 0.05) is 18.8 Å². The van der Waals surface area contributed by atoms with Gasteiger partial charge in [-0.25, -0.2) is 4.98 Å². The highest BCUT2D eigenvalue weighted by Crippen LogP contribution is 2.21. The minimum absolute atomic E-state index is 0.0186. The number of nitro groups is 1. The van der Waals surface area contributed by atoms with E-state index in [1.165, 1.54) is 6.07 Å². The van der Waals surface area contributed by atoms with Crippen LogP contribution in [0.25, 0.3) is 0 Å². The Hall–Kier alpha value is -1.95. The van der Waals surface area contributed by atoms with Crippen molar-refractivity contribution < 1.29 is 9.66 Å². The van der Waals surface area contributed by atoms with E-state index in [0.29, 0.717) is 19.8 Å². The van der Waals surface area contributed by atoms with Gasteiger partial charge >= 0.3 is 5.69 Å². The molecule has 1 N–H and O–H groups in total. The lowest BCUT2D eigenvalue weighted by molar-refractivity contribution is -0.384. The molecular weight excluding hydrogens is 234 g/mol. The third-order valence-electron chi connectivity index (χ3n) is 2.09. The van der Waals surface area contributed by atoms with Crippen molar-refractivity contribution >= 4 is 11.5 Å². The number of hydrogen-bond acceptors (Lipinski definition) is 5. The average Bonchev–Trinajstić information content (AvgIpc) is 2.29. The second-order valence-corrected chi connectivity index (χ2v) is 4.07. The van der Waals surface area contributed by atoms with Crippen molar-refractivity contribution in [2.75, 3.05) is 25.1 Å². The number of nitrogens with zero attached hydrogens (tertiary/aromatic N) is 2. The molecule has 0 aliphatic carbocycles. The van der Waals surface area contributed by atoms with Crippen LogP contribution < -0.4 is 5.32 Å². The molecule has 0 aliphatic rings. The molecule has 0 spiro atoms. The molecule has 1 aromatic rings. The molecule has 6 nitrogen and oxygen atoms in total. The first-order chi connectivity index (χ1) is 8.50. The lowest BCUT2D eigenvalue weighted by Gasteiger charge is -2.07. The molecule has 0 atom stereocenters. The Labute approximate surface area is 106 Å². The first-order valence-corrected chi connectivity index (χ1v) is 5.57. The summed E-state index contributed by atoms with van der Waals surface area (Å²) in [4.78, 5) is 14.4. The highest BCUT2D eigenvalue weighted by atomic mass is 16.6. The van der Waals surface area contributed by atoms with Gasteiger partial charge in [-0.3, -0.25) is 10.1 Å². The van der Waals surface area contributed by atoms with Gasteiger partial charge in [0.1, 0.15) is 0 Å². The predicted octanol–water partition coefficient (Wildman–Crippen LogP) is 2.30. The summed E-state index contributed by atoms with van der Waals surface area (Å²) in [6, 6.07) is 1.49. The summed E-state index contributed by atoms with van der Waals surface area (Å²) >= 11 is 0. The molecule has 6 heteroatoms. The molecule has 0 bridgehead atoms. The smallest absolute Gasteiger partial charge is 0.311 e. The Kier molecular flexibility index (Phi) is 5.26. The van der Waals surface area contributed by atoms with E-state index in [2.05, 4.69) is 16.9 Å². The van der Waals surface area contributed by atoms with Gasteiger partial charge in [0.25, 0.3) is 0 Å². The molecule has 0 unspecified atom stereocenters. The van der Waals surface area contributed by atoms with E-state index in [-0.39, 0.29) is 11.5 Å². The molecule has 0 aliphatic heterocycles. The SMILES string of the molecule is C=C(C)COCCNc1ncc(C)cc1[N+](=O)[O-]. The summed E-state index contributed by atoms with van der Waals surface area (Å²) in [6.45, 7) is 8.75. The van der Waals surface area contributed by atoms with Crippen molar-refractivity contribution in [1.82, 2.24) is 4.98 Å². The van der Waals surface area contributed by atoms with Gasteiger partial charge < -0.3 is 10.1 Å². The van der Waals surface area contributed by atoms with Gasteiger partial charge in [0.05, 0.1) is 18.1 Å². The number of hydrogen-bond donors (Lipinski definition) is 1. The molecule has 0 saturated carbocycles. The largest absolute Gasteiger partial charge is 0.375 e. The Morgan fingerprint density at radius 3 is 3.00 bits per heavy atom. The molecule has 0 saturated heterocycles. The molecule has 1 rings (SSSR count). The van der Waals surface area contributed by atoms with E-state index in [1.54, 1.807) is 13.1 Å². The van der Waals surface area contributed by atoms with Crippen LogP contribution in [-0.2, 0) is 4.74 Å². The van der Waals surface area contributed by atoms with E-state index in [4.69, 9.17) is 4.74 Å². The van der Waals surface area contributed by atoms with Crippen LogP contribution in [0.15, 0.2) is 24.4 Å². The summed E-state index contributed by atoms with van der Waals surface area (Å²) in [7, 11) is 0. The average molecular weight is 251 g/mol. The minimum Gasteiger partial charge on any atom is -0.375 e. The Morgan fingerprint density at radius 2 is 2.39 bits per heavy atom. The van der Waals surface area contributed by atoms with Crippen molar-refractivity contribution in [3.05, 3.63) is 40.1 Å². The highest BCUT2D eigenvalue weighted by Gasteiger charge is 2.14. The van der Waals surface area contributed by atoms with Gasteiger partial charge in [0.2, 0.25) is 5.82 Å². The highest BCUT2D eigenvalue weighted by molar-refractivity contribution is 5.56. The maximum absolute atomic E-state index is 10.8. The van der Waals surface area contributed by atoms with E-state index in [1.807, 2.05) is 6.92 Å². The van der Waals surface area contributed by atoms with Crippen LogP contribution in [0.4, 0.5) is 11.5 Å². The fraction of sp³-hybridized carbons (Fsp3) is 0.417. The molecule has 0 amide bonds. The maximum Gasteiger partial charge on any atom is 0.311 e. The fourth-order valence-corrected chi connectivity index (χ4v) is 1.32. The lowest BCUT2D eigenvalue weighted by Crippen LogP contribution is -2.12. The zero-order valence-corrected chi connectivity index (χ0v) is 10.6. The van der Waals surface area contributed by atoms with Gasteiger partial charge in [-0.1, -0.05) is 12.2 Å². The van der Waals surface area contributed by atoms with Crippen molar-refractivity contribution in [3.8, 4) is 0 Å². The second-order valence-electron chi connectivity index (χ2n) is 4.07. The summed E-state index contributed by atoms with van der Waals surface area (Å²) in [6.07, 6.45) is 1.59. The van der Waals surface area contributed by atoms with Crippen molar-refractivity contribution in [2.45, 2.75) is 13.8 Å². The van der Waals surface area contributed by atoms with Crippen LogP contribution in [0.2, 0.25) is 0 Å². The molecule has 1 heterocycles. The van der Waals surface area contributed by atoms with Crippen LogP contribution in [0.5, 0.6) is 0 Å². The van der Waals surface area contributed by atoms with E-state index < -0.39 is 4.92 Å². The minimum atomic E-state index is -0.447. The Bertz CT molecular complexity index is 446. The fourth-order valence-electron chi connectivity index (χ4n) is 1.32. The molecule has 0 radical (unpaired) electrons. The Balaban J connectivity index is 2.51. The van der Waals surface area contributed by atoms with Crippen LogP contribution in [-0.4, -0.2) is 29.7 Å². The number of rotatable bonds is 7. The summed E-state index contributed by atoms with van der Waals surface area (Å²) in [5.41, 5.74) is 1.68. The summed E-state index contributed by atoms with van der Waals surface area (Å²) in [5.74, 6) is 0.268. The molecule has 1 aromatic heterocycles. The molecule has 0 aromatic carbocycles. The van der Waals surface area contributed by atoms with Gasteiger partial charge in [-0.15, -0.1) is 0 Å².